The van der Waals surface area contributed by atoms with Gasteiger partial charge in [0.1, 0.15) is 11.9 Å². The Labute approximate surface area is 162 Å². The molecule has 134 valence electrons. The molecule has 1 atom stereocenters. The van der Waals surface area contributed by atoms with Gasteiger partial charge < -0.3 is 10.3 Å². The van der Waals surface area contributed by atoms with Crippen molar-refractivity contribution in [3.63, 3.8) is 0 Å². The lowest BCUT2D eigenvalue weighted by atomic mass is 10.1. The molecule has 0 radical (unpaired) electrons. The fourth-order valence-corrected chi connectivity index (χ4v) is 3.31. The monoisotopic (exact) mass is 375 g/mol. The lowest BCUT2D eigenvalue weighted by Crippen LogP contribution is -2.30. The van der Waals surface area contributed by atoms with Crippen molar-refractivity contribution in [3.05, 3.63) is 100 Å². The Balaban J connectivity index is 1.75. The molecule has 2 N–H and O–H groups in total. The number of carbonyl (C=O) groups is 1. The van der Waals surface area contributed by atoms with E-state index < -0.39 is 6.04 Å². The molecule has 5 heteroatoms. The van der Waals surface area contributed by atoms with Crippen LogP contribution in [0.2, 0.25) is 5.02 Å². The Morgan fingerprint density at radius 3 is 2.56 bits per heavy atom. The molecule has 0 fully saturated rings. The summed E-state index contributed by atoms with van der Waals surface area (Å²) in [5.41, 5.74) is 4.33. The second-order valence-electron chi connectivity index (χ2n) is 6.44. The Bertz CT molecular complexity index is 1100. The van der Waals surface area contributed by atoms with Crippen LogP contribution in [0.15, 0.2) is 72.8 Å². The third-order valence-electron chi connectivity index (χ3n) is 4.46. The predicted molar refractivity (Wildman–Crippen MR) is 108 cm³/mol. The van der Waals surface area contributed by atoms with Crippen LogP contribution in [0.1, 0.15) is 33.4 Å². The summed E-state index contributed by atoms with van der Waals surface area (Å²) in [6.07, 6.45) is 0. The summed E-state index contributed by atoms with van der Waals surface area (Å²) in [6.45, 7) is 2.04. The molecule has 1 heterocycles. The van der Waals surface area contributed by atoms with Gasteiger partial charge in [-0.2, -0.15) is 0 Å². The fourth-order valence-electron chi connectivity index (χ4n) is 3.09. The lowest BCUT2D eigenvalue weighted by Gasteiger charge is -2.17. The molecule has 0 bridgehead atoms. The molecule has 1 amide bonds. The second kappa shape index (κ2) is 7.25. The number of nitrogens with one attached hydrogen (secondary N) is 2. The topological polar surface area (TPSA) is 57.8 Å². The quantitative estimate of drug-likeness (QED) is 0.524. The molecular formula is C22H18ClN3O. The van der Waals surface area contributed by atoms with Crippen LogP contribution in [0.4, 0.5) is 0 Å². The summed E-state index contributed by atoms with van der Waals surface area (Å²) in [6, 6.07) is 22.4. The molecule has 1 aromatic heterocycles. The highest BCUT2D eigenvalue weighted by Gasteiger charge is 2.22. The number of aromatic amines is 1. The summed E-state index contributed by atoms with van der Waals surface area (Å²) in [5, 5.41) is 3.48. The van der Waals surface area contributed by atoms with Crippen LogP contribution >= 0.6 is 11.6 Å². The van der Waals surface area contributed by atoms with E-state index in [0.29, 0.717) is 16.4 Å². The highest BCUT2D eigenvalue weighted by atomic mass is 35.5. The van der Waals surface area contributed by atoms with Crippen LogP contribution in [0.3, 0.4) is 0 Å². The van der Waals surface area contributed by atoms with E-state index in [9.17, 15) is 4.79 Å². The van der Waals surface area contributed by atoms with E-state index in [2.05, 4.69) is 10.3 Å². The highest BCUT2D eigenvalue weighted by molar-refractivity contribution is 6.33. The highest BCUT2D eigenvalue weighted by Crippen LogP contribution is 2.24. The Kier molecular flexibility index (Phi) is 4.65. The van der Waals surface area contributed by atoms with E-state index in [0.717, 1.165) is 22.2 Å². The van der Waals surface area contributed by atoms with Crippen molar-refractivity contribution in [1.29, 1.82) is 0 Å². The normalized spacial score (nSPS) is 12.1. The van der Waals surface area contributed by atoms with Gasteiger partial charge in [-0.1, -0.05) is 60.1 Å². The number of hydrogen-bond acceptors (Lipinski definition) is 2. The van der Waals surface area contributed by atoms with Gasteiger partial charge in [0.25, 0.3) is 5.91 Å². The zero-order valence-electron chi connectivity index (χ0n) is 14.7. The maximum absolute atomic E-state index is 12.9. The van der Waals surface area contributed by atoms with E-state index in [4.69, 9.17) is 16.6 Å². The van der Waals surface area contributed by atoms with E-state index >= 15 is 0 Å². The van der Waals surface area contributed by atoms with E-state index in [1.807, 2.05) is 55.5 Å². The van der Waals surface area contributed by atoms with Gasteiger partial charge in [-0.25, -0.2) is 4.98 Å². The molecule has 0 aliphatic carbocycles. The standard InChI is InChI=1S/C22H18ClN3O/c1-14-11-12-18-19(13-14)25-21(24-18)20(15-7-3-2-4-8-15)26-22(27)16-9-5-6-10-17(16)23/h2-13,20H,1H3,(H,24,25)(H,26,27). The van der Waals surface area contributed by atoms with Crippen molar-refractivity contribution < 1.29 is 4.79 Å². The molecule has 0 spiro atoms. The average Bonchev–Trinajstić information content (AvgIpc) is 3.09. The fraction of sp³-hybridized carbons (Fsp3) is 0.0909. The van der Waals surface area contributed by atoms with Gasteiger partial charge in [0, 0.05) is 0 Å². The van der Waals surface area contributed by atoms with E-state index in [1.165, 1.54) is 0 Å². The number of fused-ring (bicyclic) bond motifs is 1. The Morgan fingerprint density at radius 2 is 1.78 bits per heavy atom. The molecule has 4 aromatic rings. The van der Waals surface area contributed by atoms with Crippen molar-refractivity contribution in [2.24, 2.45) is 0 Å². The Hall–Kier alpha value is -3.11. The summed E-state index contributed by atoms with van der Waals surface area (Å²) < 4.78 is 0. The first kappa shape index (κ1) is 17.3. The first-order valence-electron chi connectivity index (χ1n) is 8.68. The third-order valence-corrected chi connectivity index (χ3v) is 4.79. The van der Waals surface area contributed by atoms with Crippen LogP contribution in [0.5, 0.6) is 0 Å². The minimum absolute atomic E-state index is 0.244. The van der Waals surface area contributed by atoms with Gasteiger partial charge in [0.15, 0.2) is 0 Å². The van der Waals surface area contributed by atoms with Gasteiger partial charge in [0.2, 0.25) is 0 Å². The molecule has 0 aliphatic rings. The smallest absolute Gasteiger partial charge is 0.253 e. The van der Waals surface area contributed by atoms with Crippen molar-refractivity contribution in [1.82, 2.24) is 15.3 Å². The lowest BCUT2D eigenvalue weighted by molar-refractivity contribution is 0.0942. The van der Waals surface area contributed by atoms with Gasteiger partial charge in [-0.3, -0.25) is 4.79 Å². The van der Waals surface area contributed by atoms with Gasteiger partial charge in [-0.05, 0) is 42.3 Å². The summed E-state index contributed by atoms with van der Waals surface area (Å²) in [4.78, 5) is 20.9. The van der Waals surface area contributed by atoms with Gasteiger partial charge >= 0.3 is 0 Å². The minimum Gasteiger partial charge on any atom is -0.340 e. The number of aryl methyl sites for hydroxylation is 1. The maximum atomic E-state index is 12.9. The number of aromatic nitrogens is 2. The van der Waals surface area contributed by atoms with Crippen molar-refractivity contribution in [3.8, 4) is 0 Å². The van der Waals surface area contributed by atoms with Gasteiger partial charge in [0.05, 0.1) is 21.6 Å². The molecule has 3 aromatic carbocycles. The maximum Gasteiger partial charge on any atom is 0.253 e. The Morgan fingerprint density at radius 1 is 1.04 bits per heavy atom. The molecule has 0 saturated carbocycles. The second-order valence-corrected chi connectivity index (χ2v) is 6.85. The molecule has 4 nitrogen and oxygen atoms in total. The number of amides is 1. The zero-order chi connectivity index (χ0) is 18.8. The predicted octanol–water partition coefficient (Wildman–Crippen LogP) is 5.04. The number of halogens is 1. The van der Waals surface area contributed by atoms with Crippen LogP contribution < -0.4 is 5.32 Å². The van der Waals surface area contributed by atoms with Crippen LogP contribution in [-0.4, -0.2) is 15.9 Å². The van der Waals surface area contributed by atoms with Crippen LogP contribution in [-0.2, 0) is 0 Å². The SMILES string of the molecule is Cc1ccc2nc(C(NC(=O)c3ccccc3Cl)c3ccccc3)[nH]c2c1. The average molecular weight is 376 g/mol. The number of benzene rings is 3. The third kappa shape index (κ3) is 3.57. The minimum atomic E-state index is -0.414. The van der Waals surface area contributed by atoms with Crippen LogP contribution in [0.25, 0.3) is 11.0 Å². The molecule has 0 saturated heterocycles. The number of H-pyrrole nitrogens is 1. The van der Waals surface area contributed by atoms with E-state index in [1.54, 1.807) is 24.3 Å². The first-order chi connectivity index (χ1) is 13.1. The van der Waals surface area contributed by atoms with Crippen molar-refractivity contribution >= 4 is 28.5 Å². The molecule has 4 rings (SSSR count). The van der Waals surface area contributed by atoms with Gasteiger partial charge in [-0.15, -0.1) is 0 Å². The zero-order valence-corrected chi connectivity index (χ0v) is 15.5. The number of hydrogen-bond donors (Lipinski definition) is 2. The van der Waals surface area contributed by atoms with Crippen molar-refractivity contribution in [2.75, 3.05) is 0 Å². The number of carbonyl (C=O) groups excluding carboxylic acids is 1. The van der Waals surface area contributed by atoms with E-state index in [-0.39, 0.29) is 5.91 Å². The number of imidazole rings is 1. The first-order valence-corrected chi connectivity index (χ1v) is 9.06. The summed E-state index contributed by atoms with van der Waals surface area (Å²) in [7, 11) is 0. The summed E-state index contributed by atoms with van der Waals surface area (Å²) >= 11 is 6.19. The summed E-state index contributed by atoms with van der Waals surface area (Å²) in [5.74, 6) is 0.438. The largest absolute Gasteiger partial charge is 0.340 e. The molecule has 0 aliphatic heterocycles. The molecule has 27 heavy (non-hydrogen) atoms. The number of rotatable bonds is 4. The van der Waals surface area contributed by atoms with Crippen molar-refractivity contribution in [2.45, 2.75) is 13.0 Å². The molecule has 1 unspecified atom stereocenters. The molecular weight excluding hydrogens is 358 g/mol. The van der Waals surface area contributed by atoms with Crippen LogP contribution in [0, 0.1) is 6.92 Å². The number of nitrogens with zero attached hydrogens (tertiary/aromatic N) is 1.